The average Bonchev–Trinajstić information content (AvgIpc) is 2.30. The fraction of sp³-hybridized carbons (Fsp3) is 0.0769. The first kappa shape index (κ1) is 11.8. The molecule has 1 N–H and O–H groups in total. The van der Waals surface area contributed by atoms with Crippen LogP contribution in [0.1, 0.15) is 15.9 Å². The van der Waals surface area contributed by atoms with E-state index in [0.29, 0.717) is 4.47 Å². The highest BCUT2D eigenvalue weighted by Gasteiger charge is 2.10. The van der Waals surface area contributed by atoms with Gasteiger partial charge >= 0.3 is 5.97 Å². The molecule has 17 heavy (non-hydrogen) atoms. The fourth-order valence-electron chi connectivity index (χ4n) is 1.65. The number of nitrogens with zero attached hydrogens (tertiary/aromatic N) is 1. The van der Waals surface area contributed by atoms with Crippen LogP contribution in [0.5, 0.6) is 0 Å². The number of halogens is 1. The third-order valence-electron chi connectivity index (χ3n) is 2.53. The van der Waals surface area contributed by atoms with Crippen molar-refractivity contribution in [3.63, 3.8) is 0 Å². The lowest BCUT2D eigenvalue weighted by atomic mass is 10.0. The molecular weight excluding hydrogens is 282 g/mol. The minimum Gasteiger partial charge on any atom is -0.478 e. The molecule has 3 nitrogen and oxygen atoms in total. The first-order valence-electron chi connectivity index (χ1n) is 5.03. The van der Waals surface area contributed by atoms with E-state index in [0.717, 1.165) is 16.7 Å². The maximum absolute atomic E-state index is 11.0. The van der Waals surface area contributed by atoms with Crippen LogP contribution < -0.4 is 0 Å². The maximum Gasteiger partial charge on any atom is 0.336 e. The Hall–Kier alpha value is -1.68. The van der Waals surface area contributed by atoms with Crippen LogP contribution in [-0.2, 0) is 0 Å². The molecule has 0 saturated heterocycles. The molecule has 1 aromatic heterocycles. The maximum atomic E-state index is 11.0. The molecule has 0 aliphatic rings. The summed E-state index contributed by atoms with van der Waals surface area (Å²) >= 11 is 3.23. The van der Waals surface area contributed by atoms with E-state index in [9.17, 15) is 4.79 Å². The van der Waals surface area contributed by atoms with Gasteiger partial charge in [0.25, 0.3) is 0 Å². The van der Waals surface area contributed by atoms with E-state index in [-0.39, 0.29) is 5.56 Å². The van der Waals surface area contributed by atoms with E-state index in [4.69, 9.17) is 5.11 Å². The summed E-state index contributed by atoms with van der Waals surface area (Å²) in [5.74, 6) is -0.939. The minimum atomic E-state index is -0.939. The van der Waals surface area contributed by atoms with Gasteiger partial charge in [0.15, 0.2) is 0 Å². The molecule has 0 fully saturated rings. The molecule has 0 amide bonds. The zero-order chi connectivity index (χ0) is 12.4. The Balaban J connectivity index is 2.58. The predicted molar refractivity (Wildman–Crippen MR) is 69.1 cm³/mol. The number of carboxylic acid groups (broad SMARTS) is 1. The lowest BCUT2D eigenvalue weighted by molar-refractivity contribution is 0.0696. The van der Waals surface area contributed by atoms with Crippen LogP contribution in [0.25, 0.3) is 11.1 Å². The third-order valence-corrected chi connectivity index (χ3v) is 3.22. The molecule has 0 spiro atoms. The van der Waals surface area contributed by atoms with Crippen molar-refractivity contribution in [1.82, 2.24) is 4.98 Å². The van der Waals surface area contributed by atoms with Gasteiger partial charge < -0.3 is 5.11 Å². The summed E-state index contributed by atoms with van der Waals surface area (Å²) in [7, 11) is 0. The fourth-order valence-corrected chi connectivity index (χ4v) is 2.07. The SMILES string of the molecule is Cc1cnccc1-c1ccc(Br)c(C(=O)O)c1. The van der Waals surface area contributed by atoms with Gasteiger partial charge in [0, 0.05) is 16.9 Å². The monoisotopic (exact) mass is 291 g/mol. The Bertz CT molecular complexity index is 581. The van der Waals surface area contributed by atoms with E-state index in [2.05, 4.69) is 20.9 Å². The van der Waals surface area contributed by atoms with Crippen LogP contribution in [0, 0.1) is 6.92 Å². The topological polar surface area (TPSA) is 50.2 Å². The van der Waals surface area contributed by atoms with Crippen molar-refractivity contribution < 1.29 is 9.90 Å². The molecule has 1 aromatic carbocycles. The normalized spacial score (nSPS) is 10.2. The number of hydrogen-bond acceptors (Lipinski definition) is 2. The van der Waals surface area contributed by atoms with Gasteiger partial charge in [0.2, 0.25) is 0 Å². The summed E-state index contributed by atoms with van der Waals surface area (Å²) in [6.07, 6.45) is 3.46. The standard InChI is InChI=1S/C13H10BrNO2/c1-8-7-15-5-4-10(8)9-2-3-12(14)11(6-9)13(16)17/h2-7H,1H3,(H,16,17). The second kappa shape index (κ2) is 4.67. The van der Waals surface area contributed by atoms with Crippen molar-refractivity contribution in [3.05, 3.63) is 52.3 Å². The van der Waals surface area contributed by atoms with Gasteiger partial charge in [-0.15, -0.1) is 0 Å². The summed E-state index contributed by atoms with van der Waals surface area (Å²) in [4.78, 5) is 15.1. The predicted octanol–water partition coefficient (Wildman–Crippen LogP) is 3.52. The van der Waals surface area contributed by atoms with Crippen LogP contribution in [0.4, 0.5) is 0 Å². The zero-order valence-electron chi connectivity index (χ0n) is 9.14. The molecule has 1 heterocycles. The molecule has 0 saturated carbocycles. The number of carboxylic acids is 1. The molecule has 86 valence electrons. The van der Waals surface area contributed by atoms with Crippen molar-refractivity contribution in [3.8, 4) is 11.1 Å². The van der Waals surface area contributed by atoms with Gasteiger partial charge in [-0.2, -0.15) is 0 Å². The van der Waals surface area contributed by atoms with E-state index in [1.165, 1.54) is 0 Å². The smallest absolute Gasteiger partial charge is 0.336 e. The van der Waals surface area contributed by atoms with Gasteiger partial charge in [0.1, 0.15) is 0 Å². The first-order valence-corrected chi connectivity index (χ1v) is 5.82. The number of aromatic nitrogens is 1. The highest BCUT2D eigenvalue weighted by molar-refractivity contribution is 9.10. The van der Waals surface area contributed by atoms with Crippen molar-refractivity contribution in [2.75, 3.05) is 0 Å². The van der Waals surface area contributed by atoms with Crippen molar-refractivity contribution in [2.45, 2.75) is 6.92 Å². The number of aryl methyl sites for hydroxylation is 1. The summed E-state index contributed by atoms with van der Waals surface area (Å²) < 4.78 is 0.584. The molecule has 0 radical (unpaired) electrons. The van der Waals surface area contributed by atoms with Crippen molar-refractivity contribution in [2.24, 2.45) is 0 Å². The van der Waals surface area contributed by atoms with E-state index in [1.807, 2.05) is 19.1 Å². The van der Waals surface area contributed by atoms with Gasteiger partial charge in [-0.3, -0.25) is 4.98 Å². The van der Waals surface area contributed by atoms with Crippen LogP contribution in [0.3, 0.4) is 0 Å². The lowest BCUT2D eigenvalue weighted by Gasteiger charge is -2.07. The van der Waals surface area contributed by atoms with Gasteiger partial charge in [-0.05, 0) is 57.7 Å². The molecule has 2 aromatic rings. The van der Waals surface area contributed by atoms with Crippen LogP contribution in [-0.4, -0.2) is 16.1 Å². The second-order valence-electron chi connectivity index (χ2n) is 3.69. The number of hydrogen-bond donors (Lipinski definition) is 1. The Morgan fingerprint density at radius 3 is 2.76 bits per heavy atom. The first-order chi connectivity index (χ1) is 8.09. The quantitative estimate of drug-likeness (QED) is 0.921. The number of benzene rings is 1. The highest BCUT2D eigenvalue weighted by atomic mass is 79.9. The number of carbonyl (C=O) groups is 1. The average molecular weight is 292 g/mol. The number of aromatic carboxylic acids is 1. The van der Waals surface area contributed by atoms with Crippen LogP contribution in [0.15, 0.2) is 41.1 Å². The molecule has 0 atom stereocenters. The Labute approximate surface area is 107 Å². The molecule has 0 aliphatic heterocycles. The third kappa shape index (κ3) is 2.36. The van der Waals surface area contributed by atoms with Gasteiger partial charge in [-0.1, -0.05) is 6.07 Å². The Morgan fingerprint density at radius 1 is 1.35 bits per heavy atom. The van der Waals surface area contributed by atoms with Crippen LogP contribution >= 0.6 is 15.9 Å². The summed E-state index contributed by atoms with van der Waals surface area (Å²) in [5.41, 5.74) is 3.16. The molecule has 2 rings (SSSR count). The lowest BCUT2D eigenvalue weighted by Crippen LogP contribution is -1.98. The van der Waals surface area contributed by atoms with Gasteiger partial charge in [-0.25, -0.2) is 4.79 Å². The van der Waals surface area contributed by atoms with Crippen LogP contribution in [0.2, 0.25) is 0 Å². The van der Waals surface area contributed by atoms with E-state index < -0.39 is 5.97 Å². The van der Waals surface area contributed by atoms with E-state index in [1.54, 1.807) is 24.5 Å². The summed E-state index contributed by atoms with van der Waals surface area (Å²) in [6.45, 7) is 1.95. The zero-order valence-corrected chi connectivity index (χ0v) is 10.7. The Morgan fingerprint density at radius 2 is 2.12 bits per heavy atom. The minimum absolute atomic E-state index is 0.263. The molecule has 0 unspecified atom stereocenters. The molecule has 0 bridgehead atoms. The molecular formula is C13H10BrNO2. The van der Waals surface area contributed by atoms with Crippen molar-refractivity contribution >= 4 is 21.9 Å². The second-order valence-corrected chi connectivity index (χ2v) is 4.54. The number of rotatable bonds is 2. The number of pyridine rings is 1. The Kier molecular flexibility index (Phi) is 3.24. The summed E-state index contributed by atoms with van der Waals surface area (Å²) in [6, 6.07) is 7.18. The van der Waals surface area contributed by atoms with Gasteiger partial charge in [0.05, 0.1) is 5.56 Å². The largest absolute Gasteiger partial charge is 0.478 e. The highest BCUT2D eigenvalue weighted by Crippen LogP contribution is 2.27. The summed E-state index contributed by atoms with van der Waals surface area (Å²) in [5, 5.41) is 9.06. The molecule has 0 aliphatic carbocycles. The van der Waals surface area contributed by atoms with Crippen molar-refractivity contribution in [1.29, 1.82) is 0 Å². The van der Waals surface area contributed by atoms with E-state index >= 15 is 0 Å². The molecule has 4 heteroatoms.